The molecule has 3 aromatic carbocycles. The van der Waals surface area contributed by atoms with Crippen LogP contribution >= 0.6 is 0 Å². The minimum absolute atomic E-state index is 0.0438. The average molecular weight is 493 g/mol. The Kier molecular flexibility index (Phi) is 6.27. The zero-order chi connectivity index (χ0) is 24.4. The molecule has 0 unspecified atom stereocenters. The van der Waals surface area contributed by atoms with Crippen molar-refractivity contribution in [1.82, 2.24) is 4.31 Å². The molecule has 1 N–H and O–H groups in total. The highest BCUT2D eigenvalue weighted by atomic mass is 32.2. The van der Waals surface area contributed by atoms with Gasteiger partial charge in [0.05, 0.1) is 17.6 Å². The van der Waals surface area contributed by atoms with Crippen LogP contribution in [0.5, 0.6) is 0 Å². The Bertz CT molecular complexity index is 1520. The summed E-state index contributed by atoms with van der Waals surface area (Å²) in [6, 6.07) is 17.7. The molecule has 180 valence electrons. The number of ether oxygens (including phenoxy) is 1. The summed E-state index contributed by atoms with van der Waals surface area (Å²) in [5, 5.41) is 5.45. The summed E-state index contributed by atoms with van der Waals surface area (Å²) in [6.45, 7) is 0.506. The minimum atomic E-state index is -3.60. The number of amides is 1. The Morgan fingerprint density at radius 2 is 1.80 bits per heavy atom. The predicted molar refractivity (Wildman–Crippen MR) is 131 cm³/mol. The van der Waals surface area contributed by atoms with Gasteiger partial charge in [0, 0.05) is 29.7 Å². The number of benzene rings is 3. The lowest BCUT2D eigenvalue weighted by Crippen LogP contribution is -2.28. The first-order chi connectivity index (χ1) is 16.9. The van der Waals surface area contributed by atoms with E-state index in [-0.39, 0.29) is 11.3 Å². The number of hydrogen-bond donors (Lipinski definition) is 1. The van der Waals surface area contributed by atoms with Gasteiger partial charge in [0.15, 0.2) is 6.61 Å². The Morgan fingerprint density at radius 3 is 2.63 bits per heavy atom. The molecule has 9 heteroatoms. The molecule has 35 heavy (non-hydrogen) atoms. The van der Waals surface area contributed by atoms with Crippen LogP contribution in [-0.4, -0.2) is 44.3 Å². The number of nitrogens with zero attached hydrogens (tertiary/aromatic N) is 1. The van der Waals surface area contributed by atoms with Gasteiger partial charge in [-0.05, 0) is 47.9 Å². The van der Waals surface area contributed by atoms with Crippen LogP contribution in [0.25, 0.3) is 21.7 Å². The molecule has 1 aromatic heterocycles. The van der Waals surface area contributed by atoms with Crippen LogP contribution in [0, 0.1) is 0 Å². The maximum Gasteiger partial charge on any atom is 0.310 e. The zero-order valence-electron chi connectivity index (χ0n) is 18.9. The molecule has 0 spiro atoms. The zero-order valence-corrected chi connectivity index (χ0v) is 19.7. The Morgan fingerprint density at radius 1 is 1.00 bits per heavy atom. The molecule has 0 bridgehead atoms. The molecular formula is C26H24N2O6S. The highest BCUT2D eigenvalue weighted by Gasteiger charge is 2.27. The maximum atomic E-state index is 12.7. The second kappa shape index (κ2) is 9.52. The normalized spacial score (nSPS) is 14.4. The van der Waals surface area contributed by atoms with Crippen molar-refractivity contribution in [2.24, 2.45) is 0 Å². The van der Waals surface area contributed by atoms with E-state index in [1.54, 1.807) is 12.1 Å². The van der Waals surface area contributed by atoms with Crippen molar-refractivity contribution < 1.29 is 27.2 Å². The summed E-state index contributed by atoms with van der Waals surface area (Å²) in [7, 11) is -3.60. The second-order valence-electron chi connectivity index (χ2n) is 8.45. The van der Waals surface area contributed by atoms with Crippen LogP contribution in [0.3, 0.4) is 0 Å². The van der Waals surface area contributed by atoms with E-state index < -0.39 is 28.5 Å². The third-order valence-electron chi connectivity index (χ3n) is 6.06. The molecule has 4 aromatic rings. The highest BCUT2D eigenvalue weighted by molar-refractivity contribution is 7.89. The number of anilines is 1. The first-order valence-corrected chi connectivity index (χ1v) is 12.8. The number of furan rings is 1. The number of fused-ring (bicyclic) bond motifs is 3. The molecule has 8 nitrogen and oxygen atoms in total. The monoisotopic (exact) mass is 492 g/mol. The van der Waals surface area contributed by atoms with E-state index in [0.29, 0.717) is 29.9 Å². The summed E-state index contributed by atoms with van der Waals surface area (Å²) in [6.07, 6.45) is 3.17. The van der Waals surface area contributed by atoms with Crippen molar-refractivity contribution >= 4 is 49.3 Å². The SMILES string of the molecule is O=C(COC(=O)Cc1coc2ccc3ccccc3c12)Nc1cccc(S(=O)(=O)N2CCCC2)c1. The van der Waals surface area contributed by atoms with Crippen molar-refractivity contribution in [2.75, 3.05) is 25.0 Å². The molecule has 0 radical (unpaired) electrons. The van der Waals surface area contributed by atoms with Gasteiger partial charge in [-0.1, -0.05) is 36.4 Å². The molecular weight excluding hydrogens is 468 g/mol. The van der Waals surface area contributed by atoms with E-state index in [0.717, 1.165) is 29.0 Å². The van der Waals surface area contributed by atoms with Crippen LogP contribution < -0.4 is 5.32 Å². The Balaban J connectivity index is 1.21. The summed E-state index contributed by atoms with van der Waals surface area (Å²) in [5.74, 6) is -1.13. The first-order valence-electron chi connectivity index (χ1n) is 11.4. The third-order valence-corrected chi connectivity index (χ3v) is 7.95. The lowest BCUT2D eigenvalue weighted by atomic mass is 10.0. The van der Waals surface area contributed by atoms with E-state index >= 15 is 0 Å². The third kappa shape index (κ3) is 4.78. The fourth-order valence-corrected chi connectivity index (χ4v) is 5.93. The van der Waals surface area contributed by atoms with Gasteiger partial charge >= 0.3 is 5.97 Å². The molecule has 5 rings (SSSR count). The topological polar surface area (TPSA) is 106 Å². The fourth-order valence-electron chi connectivity index (χ4n) is 4.37. The van der Waals surface area contributed by atoms with Crippen molar-refractivity contribution in [3.8, 4) is 0 Å². The number of esters is 1. The van der Waals surface area contributed by atoms with E-state index in [1.807, 2.05) is 36.4 Å². The quantitative estimate of drug-likeness (QED) is 0.390. The van der Waals surface area contributed by atoms with Gasteiger partial charge in [-0.3, -0.25) is 9.59 Å². The summed E-state index contributed by atoms with van der Waals surface area (Å²) < 4.78 is 37.7. The molecule has 1 aliphatic rings. The van der Waals surface area contributed by atoms with Crippen molar-refractivity contribution in [2.45, 2.75) is 24.2 Å². The first kappa shape index (κ1) is 23.1. The fraction of sp³-hybridized carbons (Fsp3) is 0.231. The molecule has 0 aliphatic carbocycles. The highest BCUT2D eigenvalue weighted by Crippen LogP contribution is 2.30. The van der Waals surface area contributed by atoms with Gasteiger partial charge < -0.3 is 14.5 Å². The van der Waals surface area contributed by atoms with E-state index in [2.05, 4.69) is 5.32 Å². The number of nitrogens with one attached hydrogen (secondary N) is 1. The number of carbonyl (C=O) groups is 2. The van der Waals surface area contributed by atoms with Crippen LogP contribution in [-0.2, 0) is 30.8 Å². The van der Waals surface area contributed by atoms with E-state index in [4.69, 9.17) is 9.15 Å². The van der Waals surface area contributed by atoms with E-state index in [9.17, 15) is 18.0 Å². The Hall–Kier alpha value is -3.69. The van der Waals surface area contributed by atoms with E-state index in [1.165, 1.54) is 22.7 Å². The van der Waals surface area contributed by atoms with Crippen molar-refractivity contribution in [1.29, 1.82) is 0 Å². The van der Waals surface area contributed by atoms with Gasteiger partial charge in [0.2, 0.25) is 10.0 Å². The number of hydrogen-bond acceptors (Lipinski definition) is 6. The smallest absolute Gasteiger partial charge is 0.310 e. The standard InChI is InChI=1S/C26H24N2O6S/c29-24(27-20-7-5-8-21(15-20)35(31,32)28-12-3-4-13-28)17-34-25(30)14-19-16-33-23-11-10-18-6-1-2-9-22(18)26(19)23/h1-2,5-11,15-16H,3-4,12-14,17H2,(H,27,29). The van der Waals surface area contributed by atoms with Gasteiger partial charge in [0.25, 0.3) is 5.91 Å². The second-order valence-corrected chi connectivity index (χ2v) is 10.4. The molecule has 1 amide bonds. The number of rotatable bonds is 7. The van der Waals surface area contributed by atoms with Gasteiger partial charge in [0.1, 0.15) is 5.58 Å². The van der Waals surface area contributed by atoms with Crippen LogP contribution in [0.2, 0.25) is 0 Å². The van der Waals surface area contributed by atoms with Gasteiger partial charge in [-0.15, -0.1) is 0 Å². The summed E-state index contributed by atoms with van der Waals surface area (Å²) >= 11 is 0. The van der Waals surface area contributed by atoms with Crippen LogP contribution in [0.15, 0.2) is 76.2 Å². The summed E-state index contributed by atoms with van der Waals surface area (Å²) in [5.41, 5.74) is 1.67. The Labute approximate surface area is 202 Å². The van der Waals surface area contributed by atoms with Gasteiger partial charge in [-0.2, -0.15) is 4.31 Å². The molecule has 0 atom stereocenters. The van der Waals surface area contributed by atoms with Crippen molar-refractivity contribution in [3.05, 3.63) is 72.5 Å². The van der Waals surface area contributed by atoms with Crippen molar-refractivity contribution in [3.63, 3.8) is 0 Å². The number of carbonyl (C=O) groups excluding carboxylic acids is 2. The minimum Gasteiger partial charge on any atom is -0.464 e. The molecule has 1 fully saturated rings. The molecule has 1 saturated heterocycles. The molecule has 1 aliphatic heterocycles. The summed E-state index contributed by atoms with van der Waals surface area (Å²) in [4.78, 5) is 24.9. The molecule has 2 heterocycles. The van der Waals surface area contributed by atoms with Gasteiger partial charge in [-0.25, -0.2) is 8.42 Å². The molecule has 0 saturated carbocycles. The maximum absolute atomic E-state index is 12.7. The van der Waals surface area contributed by atoms with Crippen LogP contribution in [0.4, 0.5) is 5.69 Å². The predicted octanol–water partition coefficient (Wildman–Crippen LogP) is 4.09. The van der Waals surface area contributed by atoms with Crippen LogP contribution in [0.1, 0.15) is 18.4 Å². The lowest BCUT2D eigenvalue weighted by Gasteiger charge is -2.16. The number of sulfonamides is 1. The largest absolute Gasteiger partial charge is 0.464 e. The lowest BCUT2D eigenvalue weighted by molar-refractivity contribution is -0.146. The average Bonchev–Trinajstić information content (AvgIpc) is 3.54.